The van der Waals surface area contributed by atoms with Crippen LogP contribution in [0.3, 0.4) is 0 Å². The van der Waals surface area contributed by atoms with Gasteiger partial charge >= 0.3 is 5.97 Å². The van der Waals surface area contributed by atoms with Crippen LogP contribution in [0.15, 0.2) is 0 Å². The molecule has 0 spiro atoms. The number of carbonyl (C=O) groups excluding carboxylic acids is 1. The number of hydrogen-bond donors (Lipinski definition) is 4. The Morgan fingerprint density at radius 2 is 1.94 bits per heavy atom. The van der Waals surface area contributed by atoms with Crippen LogP contribution in [0, 0.1) is 15.5 Å². The molecular formula is C7H16ClN5O4. The average molecular weight is 270 g/mol. The molecule has 17 heavy (non-hydrogen) atoms. The summed E-state index contributed by atoms with van der Waals surface area (Å²) < 4.78 is 4.39. The molecule has 2 atom stereocenters. The van der Waals surface area contributed by atoms with Crippen LogP contribution in [0.4, 0.5) is 0 Å². The Bertz CT molecular complexity index is 287. The van der Waals surface area contributed by atoms with Gasteiger partial charge in [-0.1, -0.05) is 5.43 Å². The first kappa shape index (κ1) is 17.9. The van der Waals surface area contributed by atoms with Crippen LogP contribution in [0.5, 0.6) is 0 Å². The van der Waals surface area contributed by atoms with Gasteiger partial charge in [-0.25, -0.2) is 10.1 Å². The number of nitrogens with two attached hydrogens (primary N) is 2. The molecule has 0 aromatic heterocycles. The van der Waals surface area contributed by atoms with Gasteiger partial charge in [-0.15, -0.1) is 12.4 Å². The van der Waals surface area contributed by atoms with Gasteiger partial charge in [0.1, 0.15) is 6.04 Å². The summed E-state index contributed by atoms with van der Waals surface area (Å²) in [7, 11) is 1.21. The molecule has 0 radical (unpaired) electrons. The molecule has 0 aromatic rings. The van der Waals surface area contributed by atoms with Crippen molar-refractivity contribution < 1.29 is 14.6 Å². The number of nitrogens with one attached hydrogen (secondary N) is 2. The highest BCUT2D eigenvalue weighted by atomic mass is 35.5. The SMILES string of the molecule is COC(=O)[C@@H](N)CCC(N)C(=N)N[N+](=O)[O-].Cl. The van der Waals surface area contributed by atoms with E-state index in [1.54, 1.807) is 5.43 Å². The predicted molar refractivity (Wildman–Crippen MR) is 62.3 cm³/mol. The lowest BCUT2D eigenvalue weighted by Gasteiger charge is -2.13. The molecule has 6 N–H and O–H groups in total. The van der Waals surface area contributed by atoms with E-state index in [4.69, 9.17) is 16.9 Å². The molecule has 100 valence electrons. The minimum absolute atomic E-state index is 0. The number of nitrogens with zero attached hydrogens (tertiary/aromatic N) is 1. The third-order valence-electron chi connectivity index (χ3n) is 1.88. The second-order valence-corrected chi connectivity index (χ2v) is 3.10. The molecule has 0 saturated heterocycles. The van der Waals surface area contributed by atoms with Crippen molar-refractivity contribution in [2.24, 2.45) is 11.5 Å². The Hall–Kier alpha value is -1.45. The molecule has 0 rings (SSSR count). The molecule has 0 aliphatic rings. The Morgan fingerprint density at radius 1 is 1.47 bits per heavy atom. The van der Waals surface area contributed by atoms with Crippen LogP contribution in [-0.4, -0.2) is 36.0 Å². The number of hydrogen-bond acceptors (Lipinski definition) is 7. The Balaban J connectivity index is 0. The molecule has 10 heteroatoms. The highest BCUT2D eigenvalue weighted by molar-refractivity contribution is 5.85. The van der Waals surface area contributed by atoms with Gasteiger partial charge in [0.25, 0.3) is 0 Å². The van der Waals surface area contributed by atoms with Crippen molar-refractivity contribution in [1.82, 2.24) is 5.43 Å². The van der Waals surface area contributed by atoms with E-state index in [0.717, 1.165) is 0 Å². The second-order valence-electron chi connectivity index (χ2n) is 3.10. The number of nitro groups is 1. The summed E-state index contributed by atoms with van der Waals surface area (Å²) in [4.78, 5) is 20.9. The highest BCUT2D eigenvalue weighted by Gasteiger charge is 2.18. The second kappa shape index (κ2) is 8.67. The van der Waals surface area contributed by atoms with Crippen LogP contribution in [-0.2, 0) is 9.53 Å². The summed E-state index contributed by atoms with van der Waals surface area (Å²) in [5.74, 6) is -1.01. The highest BCUT2D eigenvalue weighted by Crippen LogP contribution is 2.00. The van der Waals surface area contributed by atoms with Gasteiger partial charge in [0.05, 0.1) is 13.2 Å². The molecule has 0 amide bonds. The minimum Gasteiger partial charge on any atom is -0.468 e. The fourth-order valence-corrected chi connectivity index (χ4v) is 0.954. The van der Waals surface area contributed by atoms with E-state index in [0.29, 0.717) is 0 Å². The number of methoxy groups -OCH3 is 1. The van der Waals surface area contributed by atoms with E-state index >= 15 is 0 Å². The van der Waals surface area contributed by atoms with Crippen LogP contribution in [0.1, 0.15) is 12.8 Å². The van der Waals surface area contributed by atoms with Gasteiger partial charge in [-0.3, -0.25) is 10.2 Å². The predicted octanol–water partition coefficient (Wildman–Crippen LogP) is -1.23. The van der Waals surface area contributed by atoms with Gasteiger partial charge in [0.2, 0.25) is 0 Å². The summed E-state index contributed by atoms with van der Waals surface area (Å²) in [6.07, 6.45) is 0.367. The normalized spacial score (nSPS) is 12.9. The molecule has 0 aromatic carbocycles. The summed E-state index contributed by atoms with van der Waals surface area (Å²) in [6.45, 7) is 0. The van der Waals surface area contributed by atoms with E-state index < -0.39 is 28.9 Å². The van der Waals surface area contributed by atoms with Crippen LogP contribution < -0.4 is 16.9 Å². The Labute approximate surface area is 104 Å². The number of ether oxygens (including phenoxy) is 1. The quantitative estimate of drug-likeness (QED) is 0.155. The number of rotatable bonds is 6. The number of hydrazine groups is 1. The summed E-state index contributed by atoms with van der Waals surface area (Å²) >= 11 is 0. The zero-order chi connectivity index (χ0) is 12.7. The lowest BCUT2D eigenvalue weighted by molar-refractivity contribution is -0.525. The number of amidine groups is 1. The third-order valence-corrected chi connectivity index (χ3v) is 1.88. The first-order valence-corrected chi connectivity index (χ1v) is 4.47. The maximum Gasteiger partial charge on any atom is 0.322 e. The first-order valence-electron chi connectivity index (χ1n) is 4.47. The van der Waals surface area contributed by atoms with Crippen molar-refractivity contribution in [1.29, 1.82) is 5.41 Å². The lowest BCUT2D eigenvalue weighted by atomic mass is 10.1. The molecule has 9 nitrogen and oxygen atoms in total. The molecule has 0 bridgehead atoms. The van der Waals surface area contributed by atoms with Crippen molar-refractivity contribution in [3.8, 4) is 0 Å². The van der Waals surface area contributed by atoms with Gasteiger partial charge in [-0.05, 0) is 12.8 Å². The monoisotopic (exact) mass is 269 g/mol. The van der Waals surface area contributed by atoms with Crippen molar-refractivity contribution in [2.75, 3.05) is 7.11 Å². The summed E-state index contributed by atoms with van der Waals surface area (Å²) in [5, 5.41) is 16.3. The number of halogens is 1. The fraction of sp³-hybridized carbons (Fsp3) is 0.714. The molecule has 0 aliphatic carbocycles. The lowest BCUT2D eigenvalue weighted by Crippen LogP contribution is -2.44. The Morgan fingerprint density at radius 3 is 2.35 bits per heavy atom. The minimum atomic E-state index is -0.873. The van der Waals surface area contributed by atoms with Crippen LogP contribution >= 0.6 is 12.4 Å². The van der Waals surface area contributed by atoms with Crippen molar-refractivity contribution in [3.63, 3.8) is 0 Å². The van der Waals surface area contributed by atoms with E-state index in [1.165, 1.54) is 7.11 Å². The Kier molecular flexibility index (Phi) is 9.15. The molecule has 0 aliphatic heterocycles. The van der Waals surface area contributed by atoms with E-state index in [-0.39, 0.29) is 25.2 Å². The molecule has 1 unspecified atom stereocenters. The topological polar surface area (TPSA) is 157 Å². The molecule has 0 saturated carbocycles. The molecule has 0 heterocycles. The molecular weight excluding hydrogens is 254 g/mol. The van der Waals surface area contributed by atoms with Crippen molar-refractivity contribution >= 4 is 24.2 Å². The molecule has 0 fully saturated rings. The van der Waals surface area contributed by atoms with Gasteiger partial charge in [-0.2, -0.15) is 0 Å². The van der Waals surface area contributed by atoms with Gasteiger partial charge < -0.3 is 16.2 Å². The fourth-order valence-electron chi connectivity index (χ4n) is 0.954. The van der Waals surface area contributed by atoms with E-state index in [2.05, 4.69) is 4.74 Å². The van der Waals surface area contributed by atoms with E-state index in [1.807, 2.05) is 0 Å². The van der Waals surface area contributed by atoms with Crippen molar-refractivity contribution in [3.05, 3.63) is 10.1 Å². The maximum absolute atomic E-state index is 10.9. The first-order chi connectivity index (χ1) is 7.38. The zero-order valence-corrected chi connectivity index (χ0v) is 10.0. The van der Waals surface area contributed by atoms with Crippen LogP contribution in [0.2, 0.25) is 0 Å². The summed E-state index contributed by atoms with van der Waals surface area (Å²) in [5.41, 5.74) is 12.5. The van der Waals surface area contributed by atoms with E-state index in [9.17, 15) is 14.9 Å². The zero-order valence-electron chi connectivity index (χ0n) is 9.21. The maximum atomic E-state index is 10.9. The van der Waals surface area contributed by atoms with Gasteiger partial charge in [0, 0.05) is 0 Å². The van der Waals surface area contributed by atoms with Gasteiger partial charge in [0.15, 0.2) is 10.9 Å². The standard InChI is InChI=1S/C7H15N5O4.ClH/c1-16-7(13)5(9)3-2-4(8)6(10)11-12(14)15;/h4-5H,2-3,8-9H2,1H3,(H2,10,11);1H/t4?,5-;/m0./s1. The number of carbonyl (C=O) groups is 1. The summed E-state index contributed by atoms with van der Waals surface area (Å²) in [6, 6.07) is -1.69. The number of esters is 1. The average Bonchev–Trinajstić information content (AvgIpc) is 2.23. The largest absolute Gasteiger partial charge is 0.468 e. The van der Waals surface area contributed by atoms with Crippen molar-refractivity contribution in [2.45, 2.75) is 24.9 Å². The van der Waals surface area contributed by atoms with Crippen LogP contribution in [0.25, 0.3) is 0 Å². The third kappa shape index (κ3) is 7.44. The smallest absolute Gasteiger partial charge is 0.322 e.